The molecule has 110 valence electrons. The molecule has 0 aliphatic carbocycles. The molecule has 1 atom stereocenters. The number of aliphatic hydroxyl groups is 2. The summed E-state index contributed by atoms with van der Waals surface area (Å²) in [6.07, 6.45) is 0.482. The summed E-state index contributed by atoms with van der Waals surface area (Å²) in [7, 11) is 0. The maximum absolute atomic E-state index is 10.1. The second-order valence-electron chi connectivity index (χ2n) is 4.94. The Hall–Kier alpha value is -1.11. The minimum Gasteiger partial charge on any atom is -0.396 e. The number of rotatable bonds is 8. The highest BCUT2D eigenvalue weighted by Crippen LogP contribution is 2.15. The van der Waals surface area contributed by atoms with Crippen LogP contribution in [0.1, 0.15) is 24.7 Å². The lowest BCUT2D eigenvalue weighted by molar-refractivity contribution is 0.0845. The normalized spacial score (nSPS) is 13.2. The number of nitrogens with two attached hydrogens (primary N) is 1. The van der Waals surface area contributed by atoms with Crippen LogP contribution in [-0.4, -0.2) is 57.2 Å². The molecule has 0 aromatic carbocycles. The van der Waals surface area contributed by atoms with Crippen LogP contribution in [0.3, 0.4) is 0 Å². The second kappa shape index (κ2) is 7.47. The predicted octanol–water partition coefficient (Wildman–Crippen LogP) is 0.147. The lowest BCUT2D eigenvalue weighted by atomic mass is 10.3. The van der Waals surface area contributed by atoms with Crippen LogP contribution in [0.4, 0.5) is 5.69 Å². The van der Waals surface area contributed by atoms with Gasteiger partial charge in [0.2, 0.25) is 0 Å². The summed E-state index contributed by atoms with van der Waals surface area (Å²) in [5, 5.41) is 23.4. The summed E-state index contributed by atoms with van der Waals surface area (Å²) in [4.78, 5) is 2.06. The SMILES string of the molecule is CCCN(CCO)CC(O)Cn1nc(C)c(N)c1C. The molecule has 1 unspecified atom stereocenters. The molecule has 0 spiro atoms. The van der Waals surface area contributed by atoms with E-state index in [0.29, 0.717) is 25.3 Å². The standard InChI is InChI=1S/C13H26N4O2/c1-4-5-16(6-7-18)8-12(19)9-17-11(3)13(14)10(2)15-17/h12,18-19H,4-9,14H2,1-3H3. The summed E-state index contributed by atoms with van der Waals surface area (Å²) >= 11 is 0. The van der Waals surface area contributed by atoms with Gasteiger partial charge in [-0.25, -0.2) is 0 Å². The Balaban J connectivity index is 2.58. The zero-order chi connectivity index (χ0) is 14.4. The van der Waals surface area contributed by atoms with Crippen LogP contribution in [0.5, 0.6) is 0 Å². The average molecular weight is 270 g/mol. The first-order valence-electron chi connectivity index (χ1n) is 6.80. The average Bonchev–Trinajstić information content (AvgIpc) is 2.57. The number of aromatic nitrogens is 2. The minimum atomic E-state index is -0.518. The molecular weight excluding hydrogens is 244 g/mol. The Bertz CT molecular complexity index is 386. The number of hydrogen-bond donors (Lipinski definition) is 3. The van der Waals surface area contributed by atoms with E-state index in [-0.39, 0.29) is 6.61 Å². The van der Waals surface area contributed by atoms with Crippen LogP contribution in [-0.2, 0) is 6.54 Å². The topological polar surface area (TPSA) is 87.5 Å². The summed E-state index contributed by atoms with van der Waals surface area (Å²) in [5.74, 6) is 0. The van der Waals surface area contributed by atoms with Gasteiger partial charge in [-0.2, -0.15) is 5.10 Å². The first-order valence-corrected chi connectivity index (χ1v) is 6.80. The van der Waals surface area contributed by atoms with E-state index in [0.717, 1.165) is 24.4 Å². The maximum atomic E-state index is 10.1. The van der Waals surface area contributed by atoms with Crippen LogP contribution >= 0.6 is 0 Å². The van der Waals surface area contributed by atoms with Crippen LogP contribution in [0.15, 0.2) is 0 Å². The summed E-state index contributed by atoms with van der Waals surface area (Å²) in [5.41, 5.74) is 8.24. The van der Waals surface area contributed by atoms with Gasteiger partial charge >= 0.3 is 0 Å². The number of nitrogens with zero attached hydrogens (tertiary/aromatic N) is 3. The number of anilines is 1. The van der Waals surface area contributed by atoms with E-state index in [9.17, 15) is 5.11 Å². The summed E-state index contributed by atoms with van der Waals surface area (Å²) < 4.78 is 1.75. The predicted molar refractivity (Wildman–Crippen MR) is 75.9 cm³/mol. The van der Waals surface area contributed by atoms with Crippen LogP contribution in [0, 0.1) is 13.8 Å². The molecule has 0 aliphatic rings. The summed E-state index contributed by atoms with van der Waals surface area (Å²) in [6, 6.07) is 0. The maximum Gasteiger partial charge on any atom is 0.0862 e. The molecule has 6 heteroatoms. The smallest absolute Gasteiger partial charge is 0.0862 e. The van der Waals surface area contributed by atoms with Crippen molar-refractivity contribution < 1.29 is 10.2 Å². The fourth-order valence-corrected chi connectivity index (χ4v) is 2.20. The molecule has 1 aromatic rings. The van der Waals surface area contributed by atoms with E-state index in [1.165, 1.54) is 0 Å². The van der Waals surface area contributed by atoms with Gasteiger partial charge in [-0.05, 0) is 26.8 Å². The van der Waals surface area contributed by atoms with Crippen molar-refractivity contribution >= 4 is 5.69 Å². The number of aliphatic hydroxyl groups excluding tert-OH is 2. The highest BCUT2D eigenvalue weighted by Gasteiger charge is 2.15. The molecule has 0 aliphatic heterocycles. The lowest BCUT2D eigenvalue weighted by Gasteiger charge is -2.23. The Kier molecular flexibility index (Phi) is 6.27. The van der Waals surface area contributed by atoms with Gasteiger partial charge in [0.15, 0.2) is 0 Å². The number of nitrogen functional groups attached to an aromatic ring is 1. The van der Waals surface area contributed by atoms with E-state index in [4.69, 9.17) is 10.8 Å². The van der Waals surface area contributed by atoms with Gasteiger partial charge in [-0.1, -0.05) is 6.92 Å². The molecule has 6 nitrogen and oxygen atoms in total. The highest BCUT2D eigenvalue weighted by atomic mass is 16.3. The molecule has 1 rings (SSSR count). The van der Waals surface area contributed by atoms with Gasteiger partial charge in [0, 0.05) is 13.1 Å². The van der Waals surface area contributed by atoms with Crippen molar-refractivity contribution in [3.8, 4) is 0 Å². The van der Waals surface area contributed by atoms with E-state index >= 15 is 0 Å². The van der Waals surface area contributed by atoms with E-state index < -0.39 is 6.10 Å². The van der Waals surface area contributed by atoms with Crippen molar-refractivity contribution in [2.75, 3.05) is 32.0 Å². The Morgan fingerprint density at radius 2 is 2.05 bits per heavy atom. The van der Waals surface area contributed by atoms with Crippen molar-refractivity contribution in [1.29, 1.82) is 0 Å². The lowest BCUT2D eigenvalue weighted by Crippen LogP contribution is -2.37. The largest absolute Gasteiger partial charge is 0.396 e. The summed E-state index contributed by atoms with van der Waals surface area (Å²) in [6.45, 7) is 8.38. The Morgan fingerprint density at radius 3 is 2.53 bits per heavy atom. The van der Waals surface area contributed by atoms with Crippen LogP contribution in [0.25, 0.3) is 0 Å². The first kappa shape index (κ1) is 15.9. The van der Waals surface area contributed by atoms with Gasteiger partial charge in [0.25, 0.3) is 0 Å². The fourth-order valence-electron chi connectivity index (χ4n) is 2.20. The molecule has 1 heterocycles. The van der Waals surface area contributed by atoms with Crippen molar-refractivity contribution in [3.05, 3.63) is 11.4 Å². The molecule has 4 N–H and O–H groups in total. The van der Waals surface area contributed by atoms with E-state index in [2.05, 4.69) is 16.9 Å². The zero-order valence-electron chi connectivity index (χ0n) is 12.1. The van der Waals surface area contributed by atoms with Crippen molar-refractivity contribution in [2.45, 2.75) is 39.8 Å². The van der Waals surface area contributed by atoms with Gasteiger partial charge in [0.05, 0.1) is 36.3 Å². The van der Waals surface area contributed by atoms with Gasteiger partial charge in [-0.3, -0.25) is 9.58 Å². The molecule has 0 fully saturated rings. The van der Waals surface area contributed by atoms with Gasteiger partial charge < -0.3 is 15.9 Å². The van der Waals surface area contributed by atoms with Crippen molar-refractivity contribution in [3.63, 3.8) is 0 Å². The molecular formula is C13H26N4O2. The van der Waals surface area contributed by atoms with E-state index in [1.807, 2.05) is 13.8 Å². The van der Waals surface area contributed by atoms with Crippen LogP contribution < -0.4 is 5.73 Å². The molecule has 0 amide bonds. The minimum absolute atomic E-state index is 0.111. The second-order valence-corrected chi connectivity index (χ2v) is 4.94. The molecule has 1 aromatic heterocycles. The third-order valence-corrected chi connectivity index (χ3v) is 3.25. The third kappa shape index (κ3) is 4.49. The number of aryl methyl sites for hydroxylation is 1. The molecule has 19 heavy (non-hydrogen) atoms. The molecule has 0 saturated heterocycles. The first-order chi connectivity index (χ1) is 8.99. The Labute approximate surface area is 114 Å². The molecule has 0 radical (unpaired) electrons. The van der Waals surface area contributed by atoms with E-state index in [1.54, 1.807) is 4.68 Å². The number of hydrogen-bond acceptors (Lipinski definition) is 5. The quantitative estimate of drug-likeness (QED) is 0.626. The Morgan fingerprint density at radius 1 is 1.37 bits per heavy atom. The third-order valence-electron chi connectivity index (χ3n) is 3.25. The fraction of sp³-hybridized carbons (Fsp3) is 0.769. The molecule has 0 bridgehead atoms. The van der Waals surface area contributed by atoms with Crippen molar-refractivity contribution in [1.82, 2.24) is 14.7 Å². The highest BCUT2D eigenvalue weighted by molar-refractivity contribution is 5.46. The van der Waals surface area contributed by atoms with Crippen LogP contribution in [0.2, 0.25) is 0 Å². The van der Waals surface area contributed by atoms with Gasteiger partial charge in [0.1, 0.15) is 0 Å². The monoisotopic (exact) mass is 270 g/mol. The van der Waals surface area contributed by atoms with Crippen molar-refractivity contribution in [2.24, 2.45) is 0 Å². The molecule has 0 saturated carbocycles. The van der Waals surface area contributed by atoms with Gasteiger partial charge in [-0.15, -0.1) is 0 Å². The zero-order valence-corrected chi connectivity index (χ0v) is 12.1.